The molecule has 0 bridgehead atoms. The molecule has 2 aliphatic heterocycles. The van der Waals surface area contributed by atoms with Crippen molar-refractivity contribution in [3.63, 3.8) is 0 Å². The van der Waals surface area contributed by atoms with Crippen molar-refractivity contribution in [2.24, 2.45) is 23.7 Å². The maximum atomic E-state index is 14.6. The van der Waals surface area contributed by atoms with Gasteiger partial charge in [-0.25, -0.2) is 8.78 Å². The van der Waals surface area contributed by atoms with Gasteiger partial charge in [-0.15, -0.1) is 0 Å². The summed E-state index contributed by atoms with van der Waals surface area (Å²) in [5.41, 5.74) is 2.49. The summed E-state index contributed by atoms with van der Waals surface area (Å²) in [6.07, 6.45) is 6.14. The summed E-state index contributed by atoms with van der Waals surface area (Å²) in [5, 5.41) is 0. The Morgan fingerprint density at radius 3 is 2.73 bits per heavy atom. The predicted molar refractivity (Wildman–Crippen MR) is 78.0 cm³/mol. The largest absolute Gasteiger partial charge is 0.376 e. The minimum atomic E-state index is -0.595. The number of halogens is 2. The Morgan fingerprint density at radius 2 is 2.05 bits per heavy atom. The number of fused-ring (bicyclic) bond motifs is 1. The van der Waals surface area contributed by atoms with Crippen molar-refractivity contribution in [1.82, 2.24) is 5.48 Å². The van der Waals surface area contributed by atoms with Gasteiger partial charge in [0.2, 0.25) is 0 Å². The Balaban J connectivity index is 1.65. The van der Waals surface area contributed by atoms with E-state index in [-0.39, 0.29) is 24.0 Å². The first kappa shape index (κ1) is 14.8. The molecule has 3 nitrogen and oxygen atoms in total. The van der Waals surface area contributed by atoms with E-state index in [1.807, 2.05) is 13.8 Å². The summed E-state index contributed by atoms with van der Waals surface area (Å²) >= 11 is 0. The summed E-state index contributed by atoms with van der Waals surface area (Å²) in [6.45, 7) is 4.31. The van der Waals surface area contributed by atoms with Crippen LogP contribution in [0.2, 0.25) is 0 Å². The van der Waals surface area contributed by atoms with Crippen molar-refractivity contribution >= 4 is 0 Å². The van der Waals surface area contributed by atoms with Gasteiger partial charge in [-0.1, -0.05) is 6.92 Å². The van der Waals surface area contributed by atoms with Gasteiger partial charge in [0, 0.05) is 17.9 Å². The van der Waals surface area contributed by atoms with E-state index in [4.69, 9.17) is 9.57 Å². The molecule has 5 heteroatoms. The van der Waals surface area contributed by atoms with Crippen LogP contribution in [0.1, 0.15) is 33.1 Å². The lowest BCUT2D eigenvalue weighted by molar-refractivity contribution is -0.0971. The van der Waals surface area contributed by atoms with Crippen LogP contribution in [0.25, 0.3) is 0 Å². The second kappa shape index (κ2) is 5.11. The molecule has 122 valence electrons. The van der Waals surface area contributed by atoms with Gasteiger partial charge in [-0.3, -0.25) is 4.84 Å². The number of ether oxygens (including phenoxy) is 1. The Bertz CT molecular complexity index is 531. The van der Waals surface area contributed by atoms with E-state index in [2.05, 4.69) is 5.48 Å². The summed E-state index contributed by atoms with van der Waals surface area (Å²) < 4.78 is 34.2. The zero-order valence-electron chi connectivity index (χ0n) is 13.0. The molecule has 4 rings (SSSR count). The molecular weight excluding hydrogens is 288 g/mol. The van der Waals surface area contributed by atoms with Crippen LogP contribution in [0.4, 0.5) is 8.78 Å². The van der Waals surface area contributed by atoms with Gasteiger partial charge < -0.3 is 4.74 Å². The summed E-state index contributed by atoms with van der Waals surface area (Å²) in [6, 6.07) is 0. The molecule has 0 aromatic rings. The lowest BCUT2D eigenvalue weighted by atomic mass is 9.64. The van der Waals surface area contributed by atoms with Crippen molar-refractivity contribution in [2.45, 2.75) is 50.9 Å². The maximum absolute atomic E-state index is 14.6. The van der Waals surface area contributed by atoms with E-state index < -0.39 is 23.1 Å². The van der Waals surface area contributed by atoms with Gasteiger partial charge >= 0.3 is 0 Å². The van der Waals surface area contributed by atoms with E-state index in [9.17, 15) is 8.78 Å². The zero-order valence-corrected chi connectivity index (χ0v) is 13.0. The van der Waals surface area contributed by atoms with Gasteiger partial charge in [0.15, 0.2) is 0 Å². The fourth-order valence-electron chi connectivity index (χ4n) is 4.64. The molecule has 0 amide bonds. The van der Waals surface area contributed by atoms with Gasteiger partial charge in [0.1, 0.15) is 11.7 Å². The van der Waals surface area contributed by atoms with Crippen LogP contribution in [0, 0.1) is 23.7 Å². The van der Waals surface area contributed by atoms with Crippen molar-refractivity contribution in [3.05, 3.63) is 23.8 Å². The van der Waals surface area contributed by atoms with Crippen molar-refractivity contribution in [2.75, 3.05) is 6.61 Å². The third-order valence-electron chi connectivity index (χ3n) is 5.91. The molecule has 0 aromatic heterocycles. The van der Waals surface area contributed by atoms with Crippen LogP contribution < -0.4 is 5.48 Å². The highest BCUT2D eigenvalue weighted by Crippen LogP contribution is 2.51. The second-order valence-electron chi connectivity index (χ2n) is 7.41. The molecule has 6 unspecified atom stereocenters. The molecule has 3 fully saturated rings. The molecule has 0 spiro atoms. The van der Waals surface area contributed by atoms with Crippen molar-refractivity contribution < 1.29 is 18.4 Å². The highest BCUT2D eigenvalue weighted by molar-refractivity contribution is 5.29. The Kier molecular flexibility index (Phi) is 3.44. The quantitative estimate of drug-likeness (QED) is 0.847. The third-order valence-corrected chi connectivity index (χ3v) is 5.91. The standard InChI is InChI=1S/C17H23F2NO2/c1-9-5-12(18)6-14(19)16(9)17-8-21-15(11-3-4-11)7-13(17)10(2)22-20-17/h5-6,9-11,13,15-16,20H,3-4,7-8H2,1-2H3. The lowest BCUT2D eigenvalue weighted by Gasteiger charge is -2.48. The molecule has 2 saturated heterocycles. The van der Waals surface area contributed by atoms with Crippen LogP contribution >= 0.6 is 0 Å². The molecule has 0 aromatic carbocycles. The van der Waals surface area contributed by atoms with Crippen molar-refractivity contribution in [1.29, 1.82) is 0 Å². The zero-order chi connectivity index (χ0) is 15.5. The molecular formula is C17H23F2NO2. The average molecular weight is 311 g/mol. The van der Waals surface area contributed by atoms with E-state index in [1.165, 1.54) is 18.9 Å². The highest BCUT2D eigenvalue weighted by atomic mass is 19.1. The second-order valence-corrected chi connectivity index (χ2v) is 7.41. The number of allylic oxidation sites excluding steroid dienone is 3. The number of hydrogen-bond donors (Lipinski definition) is 1. The van der Waals surface area contributed by atoms with Crippen LogP contribution in [0.15, 0.2) is 23.8 Å². The molecule has 6 atom stereocenters. The predicted octanol–water partition coefficient (Wildman–Crippen LogP) is 3.44. The Labute approximate surface area is 129 Å². The first-order valence-electron chi connectivity index (χ1n) is 8.30. The molecule has 1 saturated carbocycles. The van der Waals surface area contributed by atoms with E-state index in [1.54, 1.807) is 0 Å². The number of hydrogen-bond acceptors (Lipinski definition) is 3. The fourth-order valence-corrected chi connectivity index (χ4v) is 4.64. The smallest absolute Gasteiger partial charge is 0.122 e. The number of hydroxylamine groups is 1. The minimum absolute atomic E-state index is 0.0147. The Morgan fingerprint density at radius 1 is 1.27 bits per heavy atom. The van der Waals surface area contributed by atoms with E-state index in [0.29, 0.717) is 12.5 Å². The number of nitrogens with one attached hydrogen (secondary N) is 1. The van der Waals surface area contributed by atoms with Crippen molar-refractivity contribution in [3.8, 4) is 0 Å². The monoisotopic (exact) mass is 311 g/mol. The molecule has 4 aliphatic rings. The fraction of sp³-hybridized carbons (Fsp3) is 0.765. The van der Waals surface area contributed by atoms with Gasteiger partial charge in [0.05, 0.1) is 24.4 Å². The van der Waals surface area contributed by atoms with Gasteiger partial charge in [-0.05, 0) is 44.1 Å². The third kappa shape index (κ3) is 2.17. The molecule has 2 heterocycles. The van der Waals surface area contributed by atoms with E-state index >= 15 is 0 Å². The lowest BCUT2D eigenvalue weighted by Crippen LogP contribution is -2.61. The molecule has 1 N–H and O–H groups in total. The topological polar surface area (TPSA) is 30.5 Å². The highest BCUT2D eigenvalue weighted by Gasteiger charge is 2.60. The minimum Gasteiger partial charge on any atom is -0.376 e. The number of rotatable bonds is 2. The van der Waals surface area contributed by atoms with E-state index in [0.717, 1.165) is 12.5 Å². The first-order valence-corrected chi connectivity index (χ1v) is 8.30. The molecule has 0 radical (unpaired) electrons. The van der Waals surface area contributed by atoms with Crippen LogP contribution in [0.5, 0.6) is 0 Å². The maximum Gasteiger partial charge on any atom is 0.122 e. The average Bonchev–Trinajstić information content (AvgIpc) is 3.24. The summed E-state index contributed by atoms with van der Waals surface area (Å²) in [4.78, 5) is 5.69. The van der Waals surface area contributed by atoms with Gasteiger partial charge in [0.25, 0.3) is 0 Å². The Hall–Kier alpha value is -0.780. The summed E-state index contributed by atoms with van der Waals surface area (Å²) in [7, 11) is 0. The molecule has 22 heavy (non-hydrogen) atoms. The first-order chi connectivity index (χ1) is 10.5. The normalized spacial score (nSPS) is 48.6. The van der Waals surface area contributed by atoms with Crippen LogP contribution in [0.3, 0.4) is 0 Å². The summed E-state index contributed by atoms with van der Waals surface area (Å²) in [5.74, 6) is -0.720. The van der Waals surface area contributed by atoms with Crippen LogP contribution in [-0.4, -0.2) is 24.4 Å². The van der Waals surface area contributed by atoms with Crippen LogP contribution in [-0.2, 0) is 9.57 Å². The SMILES string of the molecule is CC1C=C(F)C=C(F)C1C12COC(C3CC3)CC1C(C)ON2. The van der Waals surface area contributed by atoms with Gasteiger partial charge in [-0.2, -0.15) is 5.48 Å². The molecule has 2 aliphatic carbocycles.